The van der Waals surface area contributed by atoms with Crippen molar-refractivity contribution in [1.29, 1.82) is 0 Å². The Labute approximate surface area is 91.1 Å². The Morgan fingerprint density at radius 2 is 2.07 bits per heavy atom. The van der Waals surface area contributed by atoms with Crippen LogP contribution in [0.2, 0.25) is 0 Å². The normalized spacial score (nSPS) is 26.9. The first-order valence-electron chi connectivity index (χ1n) is 5.19. The van der Waals surface area contributed by atoms with E-state index in [4.69, 9.17) is 4.84 Å². The molecule has 1 rings (SSSR count). The molecule has 2 N–H and O–H groups in total. The maximum atomic E-state index is 9.63. The van der Waals surface area contributed by atoms with E-state index in [0.29, 0.717) is 18.5 Å². The van der Waals surface area contributed by atoms with E-state index < -0.39 is 5.79 Å². The van der Waals surface area contributed by atoms with Gasteiger partial charge in [-0.3, -0.25) is 0 Å². The van der Waals surface area contributed by atoms with Crippen molar-refractivity contribution in [3.63, 3.8) is 0 Å². The van der Waals surface area contributed by atoms with Gasteiger partial charge in [-0.05, 0) is 34.1 Å². The molecule has 1 fully saturated rings. The lowest BCUT2D eigenvalue weighted by Crippen LogP contribution is -2.52. The Hall–Kier alpha value is -0.580. The summed E-state index contributed by atoms with van der Waals surface area (Å²) in [5, 5.41) is 20.9. The highest BCUT2D eigenvalue weighted by Gasteiger charge is 2.39. The number of aliphatic hydroxyl groups excluding tert-OH is 1. The molecule has 1 heterocycles. The molecule has 1 unspecified atom stereocenters. The number of hydroxylamine groups is 2. The van der Waals surface area contributed by atoms with Gasteiger partial charge in [0.05, 0.1) is 11.6 Å². The van der Waals surface area contributed by atoms with Crippen LogP contribution >= 0.6 is 0 Å². The molecule has 0 amide bonds. The van der Waals surface area contributed by atoms with E-state index in [-0.39, 0.29) is 11.6 Å². The first kappa shape index (κ1) is 12.5. The molecule has 0 radical (unpaired) electrons. The van der Waals surface area contributed by atoms with Gasteiger partial charge in [-0.15, -0.1) is 0 Å². The zero-order chi connectivity index (χ0) is 11.9. The zero-order valence-corrected chi connectivity index (χ0v) is 9.95. The SMILES string of the molecule is C=C1CC(O)CC(C)(C)N1OC(C)(C)O. The van der Waals surface area contributed by atoms with Crippen molar-refractivity contribution in [2.24, 2.45) is 0 Å². The largest absolute Gasteiger partial charge is 0.393 e. The second kappa shape index (κ2) is 3.77. The van der Waals surface area contributed by atoms with Gasteiger partial charge in [0.25, 0.3) is 0 Å². The van der Waals surface area contributed by atoms with Gasteiger partial charge in [0.2, 0.25) is 0 Å². The monoisotopic (exact) mass is 215 g/mol. The van der Waals surface area contributed by atoms with E-state index in [0.717, 1.165) is 0 Å². The Morgan fingerprint density at radius 1 is 1.53 bits per heavy atom. The van der Waals surface area contributed by atoms with Crippen molar-refractivity contribution in [2.75, 3.05) is 0 Å². The first-order chi connectivity index (χ1) is 6.62. The summed E-state index contributed by atoms with van der Waals surface area (Å²) in [6.07, 6.45) is 0.705. The molecule has 4 nitrogen and oxygen atoms in total. The van der Waals surface area contributed by atoms with E-state index in [9.17, 15) is 10.2 Å². The summed E-state index contributed by atoms with van der Waals surface area (Å²) in [5.74, 6) is -1.23. The van der Waals surface area contributed by atoms with Crippen molar-refractivity contribution in [2.45, 2.75) is 58.0 Å². The van der Waals surface area contributed by atoms with Crippen molar-refractivity contribution in [3.8, 4) is 0 Å². The summed E-state index contributed by atoms with van der Waals surface area (Å²) in [7, 11) is 0. The molecule has 1 atom stereocenters. The number of rotatable bonds is 2. The summed E-state index contributed by atoms with van der Waals surface area (Å²) in [5.41, 5.74) is 0.343. The molecular weight excluding hydrogens is 194 g/mol. The first-order valence-corrected chi connectivity index (χ1v) is 5.19. The molecule has 0 saturated carbocycles. The third kappa shape index (κ3) is 3.19. The van der Waals surface area contributed by atoms with Crippen LogP contribution in [-0.2, 0) is 4.84 Å². The Bertz CT molecular complexity index is 255. The van der Waals surface area contributed by atoms with Crippen LogP contribution in [0.25, 0.3) is 0 Å². The fourth-order valence-electron chi connectivity index (χ4n) is 1.93. The standard InChI is InChI=1S/C11H21NO3/c1-8-6-9(13)7-10(2,3)12(8)15-11(4,5)14/h9,13-14H,1,6-7H2,2-5H3. The van der Waals surface area contributed by atoms with Crippen LogP contribution in [0.5, 0.6) is 0 Å². The average molecular weight is 215 g/mol. The van der Waals surface area contributed by atoms with E-state index >= 15 is 0 Å². The Kier molecular flexibility index (Phi) is 3.14. The molecule has 0 aromatic carbocycles. The molecule has 0 aromatic heterocycles. The molecular formula is C11H21NO3. The van der Waals surface area contributed by atoms with Crippen LogP contribution in [0.4, 0.5) is 0 Å². The zero-order valence-electron chi connectivity index (χ0n) is 9.95. The summed E-state index contributed by atoms with van der Waals surface area (Å²) in [6.45, 7) is 10.9. The molecule has 1 saturated heterocycles. The van der Waals surface area contributed by atoms with Gasteiger partial charge in [0, 0.05) is 12.1 Å². The molecule has 0 bridgehead atoms. The lowest BCUT2D eigenvalue weighted by Gasteiger charge is -2.47. The lowest BCUT2D eigenvalue weighted by molar-refractivity contribution is -0.335. The number of piperidine rings is 1. The van der Waals surface area contributed by atoms with Crippen LogP contribution in [0.3, 0.4) is 0 Å². The van der Waals surface area contributed by atoms with E-state index in [2.05, 4.69) is 6.58 Å². The second-order valence-corrected chi connectivity index (χ2v) is 5.27. The smallest absolute Gasteiger partial charge is 0.185 e. The highest BCUT2D eigenvalue weighted by Crippen LogP contribution is 2.35. The topological polar surface area (TPSA) is 52.9 Å². The number of nitrogens with zero attached hydrogens (tertiary/aromatic N) is 1. The summed E-state index contributed by atoms with van der Waals surface area (Å²) in [6, 6.07) is 0. The van der Waals surface area contributed by atoms with Crippen molar-refractivity contribution in [1.82, 2.24) is 5.06 Å². The van der Waals surface area contributed by atoms with Gasteiger partial charge in [0.1, 0.15) is 0 Å². The molecule has 0 aliphatic carbocycles. The van der Waals surface area contributed by atoms with Crippen molar-refractivity contribution < 1.29 is 15.1 Å². The van der Waals surface area contributed by atoms with Crippen LogP contribution < -0.4 is 0 Å². The summed E-state index contributed by atoms with van der Waals surface area (Å²) >= 11 is 0. The van der Waals surface area contributed by atoms with Gasteiger partial charge in [-0.1, -0.05) is 6.58 Å². The number of hydrogen-bond acceptors (Lipinski definition) is 4. The summed E-state index contributed by atoms with van der Waals surface area (Å²) < 4.78 is 0. The Balaban J connectivity index is 2.81. The van der Waals surface area contributed by atoms with Gasteiger partial charge in [0.15, 0.2) is 5.79 Å². The molecule has 0 spiro atoms. The maximum Gasteiger partial charge on any atom is 0.185 e. The second-order valence-electron chi connectivity index (χ2n) is 5.27. The van der Waals surface area contributed by atoms with Crippen molar-refractivity contribution >= 4 is 0 Å². The quantitative estimate of drug-likeness (QED) is 0.684. The maximum absolute atomic E-state index is 9.63. The van der Waals surface area contributed by atoms with E-state index in [1.165, 1.54) is 0 Å². The van der Waals surface area contributed by atoms with Crippen LogP contribution in [0.1, 0.15) is 40.5 Å². The number of aliphatic hydroxyl groups is 2. The van der Waals surface area contributed by atoms with Crippen LogP contribution in [0.15, 0.2) is 12.3 Å². The minimum absolute atomic E-state index is 0.352. The van der Waals surface area contributed by atoms with Gasteiger partial charge < -0.3 is 10.2 Å². The van der Waals surface area contributed by atoms with Crippen LogP contribution in [-0.4, -0.2) is 32.7 Å². The minimum Gasteiger partial charge on any atom is -0.393 e. The fourth-order valence-corrected chi connectivity index (χ4v) is 1.93. The highest BCUT2D eigenvalue weighted by atomic mass is 16.8. The molecule has 1 aliphatic heterocycles. The Morgan fingerprint density at radius 3 is 2.47 bits per heavy atom. The average Bonchev–Trinajstić information content (AvgIpc) is 1.93. The van der Waals surface area contributed by atoms with Gasteiger partial charge in [-0.25, -0.2) is 9.90 Å². The third-order valence-electron chi connectivity index (χ3n) is 2.36. The predicted molar refractivity (Wildman–Crippen MR) is 57.7 cm³/mol. The van der Waals surface area contributed by atoms with Crippen molar-refractivity contribution in [3.05, 3.63) is 12.3 Å². The van der Waals surface area contributed by atoms with Gasteiger partial charge >= 0.3 is 0 Å². The molecule has 0 aromatic rings. The molecule has 15 heavy (non-hydrogen) atoms. The van der Waals surface area contributed by atoms with E-state index in [1.807, 2.05) is 13.8 Å². The van der Waals surface area contributed by atoms with Crippen LogP contribution in [0, 0.1) is 0 Å². The van der Waals surface area contributed by atoms with Gasteiger partial charge in [-0.2, -0.15) is 0 Å². The fraction of sp³-hybridized carbons (Fsp3) is 0.818. The minimum atomic E-state index is -1.23. The van der Waals surface area contributed by atoms with E-state index in [1.54, 1.807) is 18.9 Å². The number of hydrogen-bond donors (Lipinski definition) is 2. The third-order valence-corrected chi connectivity index (χ3v) is 2.36. The molecule has 1 aliphatic rings. The lowest BCUT2D eigenvalue weighted by atomic mass is 9.89. The molecule has 4 heteroatoms. The predicted octanol–water partition coefficient (Wildman–Crippen LogP) is 1.40. The summed E-state index contributed by atoms with van der Waals surface area (Å²) in [4.78, 5) is 5.43. The highest BCUT2D eigenvalue weighted by molar-refractivity contribution is 5.04. The molecule has 88 valence electrons.